The first-order chi connectivity index (χ1) is 7.27. The van der Waals surface area contributed by atoms with E-state index in [1.54, 1.807) is 0 Å². The maximum atomic E-state index is 9.24. The van der Waals surface area contributed by atoms with E-state index in [9.17, 15) is 5.26 Å². The van der Waals surface area contributed by atoms with Crippen molar-refractivity contribution in [3.63, 3.8) is 0 Å². The normalized spacial score (nSPS) is 24.6. The molecular weight excluding hydrogens is 186 g/mol. The molecule has 0 saturated heterocycles. The lowest BCUT2D eigenvalue weighted by Crippen LogP contribution is -2.34. The number of hydrogen-bond acceptors (Lipinski definition) is 3. The van der Waals surface area contributed by atoms with Gasteiger partial charge in [-0.05, 0) is 18.4 Å². The topological polar surface area (TPSA) is 62.2 Å². The lowest BCUT2D eigenvalue weighted by Gasteiger charge is -2.20. The van der Waals surface area contributed by atoms with Gasteiger partial charge in [0.2, 0.25) is 0 Å². The van der Waals surface area contributed by atoms with E-state index in [-0.39, 0.29) is 0 Å². The fourth-order valence-corrected chi connectivity index (χ4v) is 1.92. The number of nitrogens with zero attached hydrogens (tertiary/aromatic N) is 2. The highest BCUT2D eigenvalue weighted by molar-refractivity contribution is 5.91. The number of nitrogens with two attached hydrogens (primary N) is 1. The average molecular weight is 199 g/mol. The summed E-state index contributed by atoms with van der Waals surface area (Å²) in [5, 5.41) is 9.24. The van der Waals surface area contributed by atoms with Crippen LogP contribution >= 0.6 is 0 Å². The molecule has 3 heteroatoms. The van der Waals surface area contributed by atoms with Crippen LogP contribution in [0.15, 0.2) is 35.3 Å². The Bertz CT molecular complexity index is 416. The summed E-state index contributed by atoms with van der Waals surface area (Å²) >= 11 is 0. The van der Waals surface area contributed by atoms with Crippen molar-refractivity contribution in [3.8, 4) is 6.07 Å². The number of nitriles is 1. The van der Waals surface area contributed by atoms with Gasteiger partial charge in [-0.3, -0.25) is 4.99 Å². The zero-order valence-electron chi connectivity index (χ0n) is 8.48. The van der Waals surface area contributed by atoms with Gasteiger partial charge in [0.15, 0.2) is 0 Å². The van der Waals surface area contributed by atoms with Crippen LogP contribution in [0.25, 0.3) is 0 Å². The highest BCUT2D eigenvalue weighted by Crippen LogP contribution is 2.30. The Hall–Kier alpha value is -1.82. The Morgan fingerprint density at radius 2 is 2.13 bits per heavy atom. The average Bonchev–Trinajstić information content (AvgIpc) is 2.62. The van der Waals surface area contributed by atoms with Crippen LogP contribution in [-0.4, -0.2) is 12.4 Å². The monoisotopic (exact) mass is 199 g/mol. The fourth-order valence-electron chi connectivity index (χ4n) is 1.92. The predicted molar refractivity (Wildman–Crippen MR) is 59.3 cm³/mol. The minimum Gasteiger partial charge on any atom is -0.386 e. The predicted octanol–water partition coefficient (Wildman–Crippen LogP) is 1.50. The Balaban J connectivity index is 2.25. The molecule has 1 atom stereocenters. The molecule has 0 spiro atoms. The molecule has 3 nitrogen and oxygen atoms in total. The molecule has 1 aromatic carbocycles. The molecule has 1 aliphatic heterocycles. The Kier molecular flexibility index (Phi) is 2.42. The summed E-state index contributed by atoms with van der Waals surface area (Å²) in [6.45, 7) is 0.673. The third-order valence-corrected chi connectivity index (χ3v) is 2.87. The molecule has 0 aliphatic carbocycles. The Morgan fingerprint density at radius 3 is 2.67 bits per heavy atom. The molecule has 1 unspecified atom stereocenters. The molecular formula is C12H13N3. The molecule has 0 aromatic heterocycles. The van der Waals surface area contributed by atoms with E-state index in [0.717, 1.165) is 12.0 Å². The van der Waals surface area contributed by atoms with Crippen LogP contribution in [0.1, 0.15) is 12.0 Å². The van der Waals surface area contributed by atoms with Gasteiger partial charge in [0.25, 0.3) is 0 Å². The van der Waals surface area contributed by atoms with E-state index in [2.05, 4.69) is 11.1 Å². The van der Waals surface area contributed by atoms with Gasteiger partial charge in [-0.25, -0.2) is 0 Å². The quantitative estimate of drug-likeness (QED) is 0.784. The molecule has 2 N–H and O–H groups in total. The standard InChI is InChI=1S/C12H13N3/c13-9-12(6-7-15-11(12)14)8-10-4-2-1-3-5-10/h1-5H,6-8H2,(H2,14,15). The summed E-state index contributed by atoms with van der Waals surface area (Å²) < 4.78 is 0. The second-order valence-corrected chi connectivity index (χ2v) is 3.87. The van der Waals surface area contributed by atoms with Crippen LogP contribution in [0.2, 0.25) is 0 Å². The Morgan fingerprint density at radius 1 is 1.40 bits per heavy atom. The molecule has 0 bridgehead atoms. The first-order valence-electron chi connectivity index (χ1n) is 5.02. The lowest BCUT2D eigenvalue weighted by atomic mass is 9.81. The number of rotatable bonds is 2. The Labute approximate surface area is 89.2 Å². The van der Waals surface area contributed by atoms with Crippen molar-refractivity contribution in [1.82, 2.24) is 0 Å². The lowest BCUT2D eigenvalue weighted by molar-refractivity contribution is 0.535. The van der Waals surface area contributed by atoms with Crippen molar-refractivity contribution in [3.05, 3.63) is 35.9 Å². The highest BCUT2D eigenvalue weighted by Gasteiger charge is 2.37. The second kappa shape index (κ2) is 3.74. The first-order valence-corrected chi connectivity index (χ1v) is 5.02. The summed E-state index contributed by atoms with van der Waals surface area (Å²) in [6.07, 6.45) is 1.41. The third-order valence-electron chi connectivity index (χ3n) is 2.87. The summed E-state index contributed by atoms with van der Waals surface area (Å²) in [7, 11) is 0. The molecule has 0 radical (unpaired) electrons. The van der Waals surface area contributed by atoms with Crippen molar-refractivity contribution in [2.24, 2.45) is 16.1 Å². The summed E-state index contributed by atoms with van der Waals surface area (Å²) in [5.74, 6) is 0.494. The zero-order valence-corrected chi connectivity index (χ0v) is 8.48. The molecule has 1 aliphatic rings. The van der Waals surface area contributed by atoms with Gasteiger partial charge in [-0.1, -0.05) is 30.3 Å². The van der Waals surface area contributed by atoms with E-state index in [4.69, 9.17) is 5.73 Å². The minimum absolute atomic E-state index is 0.494. The highest BCUT2D eigenvalue weighted by atomic mass is 14.9. The van der Waals surface area contributed by atoms with Crippen LogP contribution in [0.5, 0.6) is 0 Å². The van der Waals surface area contributed by atoms with Crippen molar-refractivity contribution in [2.75, 3.05) is 6.54 Å². The van der Waals surface area contributed by atoms with Gasteiger partial charge in [-0.2, -0.15) is 5.26 Å². The van der Waals surface area contributed by atoms with Crippen LogP contribution < -0.4 is 5.73 Å². The summed E-state index contributed by atoms with van der Waals surface area (Å²) in [4.78, 5) is 4.13. The van der Waals surface area contributed by atoms with Crippen molar-refractivity contribution in [2.45, 2.75) is 12.8 Å². The van der Waals surface area contributed by atoms with E-state index in [1.807, 2.05) is 30.3 Å². The molecule has 1 aromatic rings. The van der Waals surface area contributed by atoms with Crippen LogP contribution in [0, 0.1) is 16.7 Å². The van der Waals surface area contributed by atoms with Gasteiger partial charge in [0.1, 0.15) is 11.3 Å². The second-order valence-electron chi connectivity index (χ2n) is 3.87. The smallest absolute Gasteiger partial charge is 0.120 e. The van der Waals surface area contributed by atoms with Crippen molar-refractivity contribution in [1.29, 1.82) is 5.26 Å². The van der Waals surface area contributed by atoms with E-state index >= 15 is 0 Å². The van der Waals surface area contributed by atoms with Crippen LogP contribution in [0.4, 0.5) is 0 Å². The molecule has 0 saturated carbocycles. The van der Waals surface area contributed by atoms with E-state index in [0.29, 0.717) is 18.8 Å². The SMILES string of the molecule is N#CC1(Cc2ccccc2)CCN=C1N. The number of aliphatic imine (C=N–C) groups is 1. The molecule has 15 heavy (non-hydrogen) atoms. The maximum absolute atomic E-state index is 9.24. The number of amidine groups is 1. The molecule has 0 fully saturated rings. The zero-order chi connectivity index (χ0) is 10.7. The van der Waals surface area contributed by atoms with Gasteiger partial charge >= 0.3 is 0 Å². The van der Waals surface area contributed by atoms with Gasteiger partial charge in [0.05, 0.1) is 6.07 Å². The molecule has 2 rings (SSSR count). The van der Waals surface area contributed by atoms with Gasteiger partial charge < -0.3 is 5.73 Å². The number of benzene rings is 1. The number of hydrogen-bond donors (Lipinski definition) is 1. The fraction of sp³-hybridized carbons (Fsp3) is 0.333. The summed E-state index contributed by atoms with van der Waals surface area (Å²) in [5.41, 5.74) is 6.37. The first kappa shape index (κ1) is 9.72. The minimum atomic E-state index is -0.568. The van der Waals surface area contributed by atoms with Crippen molar-refractivity contribution < 1.29 is 0 Å². The largest absolute Gasteiger partial charge is 0.386 e. The molecule has 0 amide bonds. The van der Waals surface area contributed by atoms with Gasteiger partial charge in [-0.15, -0.1) is 0 Å². The third kappa shape index (κ3) is 1.71. The van der Waals surface area contributed by atoms with Crippen molar-refractivity contribution >= 4 is 5.84 Å². The molecule has 76 valence electrons. The molecule has 1 heterocycles. The van der Waals surface area contributed by atoms with Crippen LogP contribution in [0.3, 0.4) is 0 Å². The summed E-state index contributed by atoms with van der Waals surface area (Å²) in [6, 6.07) is 12.3. The van der Waals surface area contributed by atoms with E-state index < -0.39 is 5.41 Å². The van der Waals surface area contributed by atoms with E-state index in [1.165, 1.54) is 0 Å². The maximum Gasteiger partial charge on any atom is 0.120 e. The van der Waals surface area contributed by atoms with Crippen LogP contribution in [-0.2, 0) is 6.42 Å². The van der Waals surface area contributed by atoms with Gasteiger partial charge in [0, 0.05) is 6.54 Å².